The van der Waals surface area contributed by atoms with E-state index in [1.165, 1.54) is 6.07 Å². The lowest BCUT2D eigenvalue weighted by atomic mass is 10.1. The highest BCUT2D eigenvalue weighted by Gasteiger charge is 2.26. The molecule has 2 aliphatic rings. The Hall–Kier alpha value is -2.94. The molecule has 0 unspecified atom stereocenters. The second kappa shape index (κ2) is 9.51. The topological polar surface area (TPSA) is 66.9 Å². The minimum absolute atomic E-state index is 0.163. The highest BCUT2D eigenvalue weighted by molar-refractivity contribution is 6.33. The average Bonchev–Trinajstić information content (AvgIpc) is 3.32. The number of benzene rings is 2. The first kappa shape index (κ1) is 21.9. The summed E-state index contributed by atoms with van der Waals surface area (Å²) in [6, 6.07) is 14.5. The summed E-state index contributed by atoms with van der Waals surface area (Å²) in [6.07, 6.45) is -0.219. The van der Waals surface area contributed by atoms with Gasteiger partial charge in [0.25, 0.3) is 5.91 Å². The molecule has 2 aromatic carbocycles. The number of para-hydroxylation sites is 1. The number of nitrogens with zero attached hydrogens (tertiary/aromatic N) is 3. The molecule has 1 amide bonds. The Morgan fingerprint density at radius 2 is 1.97 bits per heavy atom. The van der Waals surface area contributed by atoms with Crippen LogP contribution in [0.25, 0.3) is 10.9 Å². The van der Waals surface area contributed by atoms with Crippen LogP contribution < -0.4 is 15.1 Å². The third kappa shape index (κ3) is 4.73. The van der Waals surface area contributed by atoms with E-state index in [0.717, 1.165) is 16.6 Å². The minimum atomic E-state index is -0.304. The summed E-state index contributed by atoms with van der Waals surface area (Å²) in [7, 11) is 0. The van der Waals surface area contributed by atoms with Crippen LogP contribution in [0, 0.1) is 5.82 Å². The molecule has 0 bridgehead atoms. The quantitative estimate of drug-likeness (QED) is 0.576. The fraction of sp³-hybridized carbons (Fsp3) is 0.333. The first-order valence-electron chi connectivity index (χ1n) is 10.9. The molecule has 33 heavy (non-hydrogen) atoms. The van der Waals surface area contributed by atoms with Gasteiger partial charge in [0.05, 0.1) is 36.1 Å². The van der Waals surface area contributed by atoms with Gasteiger partial charge in [0.2, 0.25) is 0 Å². The maximum Gasteiger partial charge on any atom is 0.254 e. The largest absolute Gasteiger partial charge is 0.378 e. The van der Waals surface area contributed by atoms with Gasteiger partial charge in [0.15, 0.2) is 0 Å². The highest BCUT2D eigenvalue weighted by Crippen LogP contribution is 2.27. The molecule has 1 N–H and O–H groups in total. The van der Waals surface area contributed by atoms with Crippen LogP contribution in [0.2, 0.25) is 5.15 Å². The van der Waals surface area contributed by atoms with Gasteiger partial charge in [-0.3, -0.25) is 4.79 Å². The molecule has 2 saturated heterocycles. The van der Waals surface area contributed by atoms with Gasteiger partial charge in [-0.05, 0) is 30.3 Å². The van der Waals surface area contributed by atoms with E-state index < -0.39 is 0 Å². The number of nitrogens with one attached hydrogen (secondary N) is 1. The van der Waals surface area contributed by atoms with Crippen molar-refractivity contribution in [2.24, 2.45) is 0 Å². The molecule has 5 rings (SSSR count). The van der Waals surface area contributed by atoms with Crippen molar-refractivity contribution in [3.8, 4) is 0 Å². The molecule has 0 radical (unpaired) electrons. The molecule has 0 aliphatic carbocycles. The van der Waals surface area contributed by atoms with Crippen LogP contribution in [0.1, 0.15) is 10.4 Å². The molecule has 2 fully saturated rings. The molecule has 9 heteroatoms. The van der Waals surface area contributed by atoms with Crippen LogP contribution in [-0.2, 0) is 9.47 Å². The summed E-state index contributed by atoms with van der Waals surface area (Å²) in [4.78, 5) is 20.9. The summed E-state index contributed by atoms with van der Waals surface area (Å²) in [5.74, 6) is -0.564. The second-order valence-electron chi connectivity index (χ2n) is 8.10. The fourth-order valence-electron chi connectivity index (χ4n) is 4.16. The lowest BCUT2D eigenvalue weighted by molar-refractivity contribution is 0.0872. The van der Waals surface area contributed by atoms with Crippen LogP contribution >= 0.6 is 11.6 Å². The van der Waals surface area contributed by atoms with Crippen LogP contribution in [0.3, 0.4) is 0 Å². The van der Waals surface area contributed by atoms with Gasteiger partial charge >= 0.3 is 0 Å². The van der Waals surface area contributed by atoms with Gasteiger partial charge in [-0.1, -0.05) is 29.8 Å². The lowest BCUT2D eigenvalue weighted by Crippen LogP contribution is -2.36. The highest BCUT2D eigenvalue weighted by atomic mass is 35.5. The van der Waals surface area contributed by atoms with Gasteiger partial charge in [-0.15, -0.1) is 0 Å². The molecule has 2 aliphatic heterocycles. The zero-order chi connectivity index (χ0) is 22.8. The smallest absolute Gasteiger partial charge is 0.254 e. The molecule has 172 valence electrons. The van der Waals surface area contributed by atoms with Crippen LogP contribution in [-0.4, -0.2) is 63.1 Å². The summed E-state index contributed by atoms with van der Waals surface area (Å²) in [6.45, 7) is 3.76. The second-order valence-corrected chi connectivity index (χ2v) is 8.46. The minimum Gasteiger partial charge on any atom is -0.378 e. The molecule has 7 nitrogen and oxygen atoms in total. The Kier molecular flexibility index (Phi) is 6.30. The number of aromatic nitrogens is 1. The molecule has 0 saturated carbocycles. The summed E-state index contributed by atoms with van der Waals surface area (Å²) >= 11 is 6.22. The van der Waals surface area contributed by atoms with E-state index in [0.29, 0.717) is 57.4 Å². The predicted octanol–water partition coefficient (Wildman–Crippen LogP) is 3.46. The van der Waals surface area contributed by atoms with E-state index in [2.05, 4.69) is 10.3 Å². The molecular weight excluding hydrogens is 447 g/mol. The number of fused-ring (bicyclic) bond motifs is 1. The van der Waals surface area contributed by atoms with Crippen molar-refractivity contribution < 1.29 is 18.7 Å². The Bertz CT molecular complexity index is 1170. The van der Waals surface area contributed by atoms with Crippen molar-refractivity contribution in [1.29, 1.82) is 0 Å². The zero-order valence-corrected chi connectivity index (χ0v) is 18.7. The monoisotopic (exact) mass is 470 g/mol. The van der Waals surface area contributed by atoms with Crippen LogP contribution in [0.5, 0.6) is 0 Å². The number of rotatable bonds is 5. The van der Waals surface area contributed by atoms with Gasteiger partial charge in [-0.2, -0.15) is 0 Å². The van der Waals surface area contributed by atoms with Crippen molar-refractivity contribution in [3.05, 3.63) is 65.1 Å². The number of pyridine rings is 1. The van der Waals surface area contributed by atoms with Gasteiger partial charge in [0.1, 0.15) is 17.7 Å². The predicted molar refractivity (Wildman–Crippen MR) is 126 cm³/mol. The van der Waals surface area contributed by atoms with E-state index in [1.807, 2.05) is 40.1 Å². The Labute approximate surface area is 196 Å². The molecule has 1 atom stereocenters. The maximum absolute atomic E-state index is 14.8. The molecule has 0 spiro atoms. The maximum atomic E-state index is 14.8. The van der Waals surface area contributed by atoms with Crippen LogP contribution in [0.15, 0.2) is 48.5 Å². The van der Waals surface area contributed by atoms with E-state index >= 15 is 0 Å². The van der Waals surface area contributed by atoms with Crippen molar-refractivity contribution in [3.63, 3.8) is 0 Å². The number of hydrogen-bond donors (Lipinski definition) is 1. The van der Waals surface area contributed by atoms with Crippen molar-refractivity contribution >= 4 is 39.8 Å². The number of amides is 1. The average molecular weight is 471 g/mol. The SMILES string of the molecule is O=C(NC[C@H]1CN(c2ccc(N3CCOCC3)c(F)c2)CO1)c1cc2ccccc2nc1Cl. The van der Waals surface area contributed by atoms with Gasteiger partial charge < -0.3 is 24.6 Å². The van der Waals surface area contributed by atoms with E-state index in [9.17, 15) is 9.18 Å². The first-order chi connectivity index (χ1) is 16.1. The van der Waals surface area contributed by atoms with Crippen molar-refractivity contribution in [2.45, 2.75) is 6.10 Å². The number of carbonyl (C=O) groups is 1. The molecule has 1 aromatic heterocycles. The van der Waals surface area contributed by atoms with E-state index in [1.54, 1.807) is 12.1 Å². The molecule has 3 aromatic rings. The number of anilines is 2. The number of morpholine rings is 1. The molecular formula is C24H24ClFN4O3. The standard InChI is InChI=1S/C24H24ClFN4O3/c25-23-19(11-16-3-1-2-4-21(16)28-23)24(31)27-13-18-14-30(15-33-18)17-5-6-22(20(26)12-17)29-7-9-32-10-8-29/h1-6,11-12,18H,7-10,13-15H2,(H,27,31)/t18-/m0/s1. The third-order valence-corrected chi connectivity index (χ3v) is 6.24. The normalized spacial score (nSPS) is 18.7. The Balaban J connectivity index is 1.19. The Morgan fingerprint density at radius 3 is 2.79 bits per heavy atom. The van der Waals surface area contributed by atoms with Crippen LogP contribution in [0.4, 0.5) is 15.8 Å². The number of hydrogen-bond acceptors (Lipinski definition) is 6. The zero-order valence-electron chi connectivity index (χ0n) is 18.0. The summed E-state index contributed by atoms with van der Waals surface area (Å²) in [5, 5.41) is 3.88. The number of halogens is 2. The lowest BCUT2D eigenvalue weighted by Gasteiger charge is -2.29. The van der Waals surface area contributed by atoms with Crippen molar-refractivity contribution in [2.75, 3.05) is 55.9 Å². The summed E-state index contributed by atoms with van der Waals surface area (Å²) < 4.78 is 25.9. The van der Waals surface area contributed by atoms with Gasteiger partial charge in [0, 0.05) is 37.3 Å². The third-order valence-electron chi connectivity index (χ3n) is 5.95. The van der Waals surface area contributed by atoms with Gasteiger partial charge in [-0.25, -0.2) is 9.37 Å². The van der Waals surface area contributed by atoms with E-state index in [-0.39, 0.29) is 23.0 Å². The molecule has 3 heterocycles. The summed E-state index contributed by atoms with van der Waals surface area (Å²) in [5.41, 5.74) is 2.40. The van der Waals surface area contributed by atoms with Crippen molar-refractivity contribution in [1.82, 2.24) is 10.3 Å². The number of carbonyl (C=O) groups excluding carboxylic acids is 1. The van der Waals surface area contributed by atoms with E-state index in [4.69, 9.17) is 21.1 Å². The Morgan fingerprint density at radius 1 is 1.15 bits per heavy atom. The number of ether oxygens (including phenoxy) is 2. The fourth-order valence-corrected chi connectivity index (χ4v) is 4.39. The first-order valence-corrected chi connectivity index (χ1v) is 11.3.